The van der Waals surface area contributed by atoms with Gasteiger partial charge in [0.1, 0.15) is 11.6 Å². The average Bonchev–Trinajstić information content (AvgIpc) is 2.76. The van der Waals surface area contributed by atoms with E-state index < -0.39 is 17.5 Å². The van der Waals surface area contributed by atoms with Crippen LogP contribution >= 0.6 is 15.9 Å². The lowest BCUT2D eigenvalue weighted by Gasteiger charge is -2.21. The van der Waals surface area contributed by atoms with E-state index in [1.807, 2.05) is 19.1 Å². The zero-order valence-corrected chi connectivity index (χ0v) is 18.6. The van der Waals surface area contributed by atoms with Crippen molar-refractivity contribution in [2.24, 2.45) is 0 Å². The number of fused-ring (bicyclic) bond motifs is 1. The number of rotatable bonds is 4. The first kappa shape index (κ1) is 21.6. The highest BCUT2D eigenvalue weighted by Gasteiger charge is 2.30. The molecule has 1 aromatic heterocycles. The molecule has 0 radical (unpaired) electrons. The molecule has 0 saturated carbocycles. The summed E-state index contributed by atoms with van der Waals surface area (Å²) in [4.78, 5) is 48.4. The Balaban J connectivity index is 1.46. The summed E-state index contributed by atoms with van der Waals surface area (Å²) in [6.45, 7) is 2.15. The van der Waals surface area contributed by atoms with Gasteiger partial charge in [-0.15, -0.1) is 5.10 Å². The van der Waals surface area contributed by atoms with Gasteiger partial charge < -0.3 is 10.6 Å². The average molecular weight is 499 g/mol. The van der Waals surface area contributed by atoms with Gasteiger partial charge in [-0.2, -0.15) is 4.68 Å². The molecule has 2 aromatic carbocycles. The lowest BCUT2D eigenvalue weighted by Crippen LogP contribution is -2.45. The number of nitrogens with zero attached hydrogens (tertiary/aromatic N) is 3. The Morgan fingerprint density at radius 2 is 2.03 bits per heavy atom. The van der Waals surface area contributed by atoms with E-state index in [1.54, 1.807) is 24.3 Å². The molecule has 11 heteroatoms. The Bertz CT molecular complexity index is 1310. The Morgan fingerprint density at radius 1 is 1.22 bits per heavy atom. The number of aryl methyl sites for hydroxylation is 1. The Labute approximate surface area is 190 Å². The first-order valence-corrected chi connectivity index (χ1v) is 10.6. The van der Waals surface area contributed by atoms with E-state index in [0.29, 0.717) is 16.6 Å². The van der Waals surface area contributed by atoms with Crippen molar-refractivity contribution in [1.29, 1.82) is 0 Å². The van der Waals surface area contributed by atoms with Crippen LogP contribution < -0.4 is 21.5 Å². The summed E-state index contributed by atoms with van der Waals surface area (Å²) < 4.78 is 1.97. The smallest absolute Gasteiger partial charge is 0.319 e. The highest BCUT2D eigenvalue weighted by atomic mass is 79.9. The molecular formula is C21H19BrN6O4. The first-order valence-electron chi connectivity index (χ1n) is 9.84. The fourth-order valence-corrected chi connectivity index (χ4v) is 3.66. The molecule has 0 bridgehead atoms. The van der Waals surface area contributed by atoms with Crippen molar-refractivity contribution in [1.82, 2.24) is 25.6 Å². The fraction of sp³-hybridized carbons (Fsp3) is 0.238. The lowest BCUT2D eigenvalue weighted by atomic mass is 10.1. The second-order valence-corrected chi connectivity index (χ2v) is 8.28. The van der Waals surface area contributed by atoms with Crippen molar-refractivity contribution >= 4 is 50.4 Å². The van der Waals surface area contributed by atoms with Crippen molar-refractivity contribution in [2.45, 2.75) is 32.4 Å². The van der Waals surface area contributed by atoms with Gasteiger partial charge in [0, 0.05) is 23.1 Å². The number of benzene rings is 2. The summed E-state index contributed by atoms with van der Waals surface area (Å²) in [7, 11) is 0. The van der Waals surface area contributed by atoms with Crippen LogP contribution in [0.15, 0.2) is 45.7 Å². The van der Waals surface area contributed by atoms with Gasteiger partial charge in [-0.05, 0) is 54.8 Å². The minimum Gasteiger partial charge on any atom is -0.334 e. The van der Waals surface area contributed by atoms with Gasteiger partial charge >= 0.3 is 6.03 Å². The molecule has 1 aliphatic rings. The molecule has 3 N–H and O–H groups in total. The van der Waals surface area contributed by atoms with Crippen LogP contribution in [0.4, 0.5) is 10.5 Å². The first-order chi connectivity index (χ1) is 15.3. The number of aromatic nitrogens is 3. The van der Waals surface area contributed by atoms with Gasteiger partial charge in [-0.25, -0.2) is 4.79 Å². The van der Waals surface area contributed by atoms with Crippen LogP contribution in [0.25, 0.3) is 10.9 Å². The SMILES string of the molecule is Cc1cc(NC(=O)NCc2ccc3c(=O)n(C4CCC(=O)NC4=O)nnc3c2)ccc1Br. The lowest BCUT2D eigenvalue weighted by molar-refractivity contribution is -0.136. The number of piperidine rings is 1. The minimum absolute atomic E-state index is 0.134. The predicted octanol–water partition coefficient (Wildman–Crippen LogP) is 2.16. The summed E-state index contributed by atoms with van der Waals surface area (Å²) in [6, 6.07) is 9.19. The number of amides is 4. The van der Waals surface area contributed by atoms with Gasteiger partial charge in [0.05, 0.1) is 5.39 Å². The van der Waals surface area contributed by atoms with Crippen LogP contribution in [0.2, 0.25) is 0 Å². The van der Waals surface area contributed by atoms with E-state index in [-0.39, 0.29) is 31.3 Å². The quantitative estimate of drug-likeness (QED) is 0.471. The highest BCUT2D eigenvalue weighted by Crippen LogP contribution is 2.20. The number of carbonyl (C=O) groups is 3. The molecule has 1 saturated heterocycles. The Kier molecular flexibility index (Phi) is 5.99. The number of nitrogens with one attached hydrogen (secondary N) is 3. The van der Waals surface area contributed by atoms with E-state index >= 15 is 0 Å². The maximum absolute atomic E-state index is 12.8. The van der Waals surface area contributed by atoms with Crippen LogP contribution in [0.1, 0.15) is 30.0 Å². The van der Waals surface area contributed by atoms with E-state index in [9.17, 15) is 19.2 Å². The third-order valence-electron chi connectivity index (χ3n) is 5.12. The van der Waals surface area contributed by atoms with Crippen LogP contribution in [0.3, 0.4) is 0 Å². The summed E-state index contributed by atoms with van der Waals surface area (Å²) in [5.74, 6) is -0.936. The third-order valence-corrected chi connectivity index (χ3v) is 6.01. The molecule has 164 valence electrons. The topological polar surface area (TPSA) is 135 Å². The standard InChI is InChI=1S/C21H19BrN6O4/c1-11-8-13(3-5-15(11)22)24-21(32)23-10-12-2-4-14-16(9-12)26-27-28(20(14)31)17-6-7-18(29)25-19(17)30/h2-5,8-9,17H,6-7,10H2,1H3,(H2,23,24,32)(H,25,29,30). The molecular weight excluding hydrogens is 480 g/mol. The summed E-state index contributed by atoms with van der Waals surface area (Å²) in [6.07, 6.45) is 0.328. The molecule has 4 amide bonds. The number of halogens is 1. The Morgan fingerprint density at radius 3 is 2.78 bits per heavy atom. The summed E-state index contributed by atoms with van der Waals surface area (Å²) in [5, 5.41) is 16.0. The maximum atomic E-state index is 12.8. The molecule has 0 spiro atoms. The zero-order chi connectivity index (χ0) is 22.8. The zero-order valence-electron chi connectivity index (χ0n) is 17.0. The maximum Gasteiger partial charge on any atom is 0.319 e. The van der Waals surface area contributed by atoms with Crippen LogP contribution in [0.5, 0.6) is 0 Å². The highest BCUT2D eigenvalue weighted by molar-refractivity contribution is 9.10. The van der Waals surface area contributed by atoms with Gasteiger partial charge in [0.2, 0.25) is 5.91 Å². The second kappa shape index (κ2) is 8.87. The normalized spacial score (nSPS) is 16.0. The van der Waals surface area contributed by atoms with Gasteiger partial charge in [-0.1, -0.05) is 27.2 Å². The van der Waals surface area contributed by atoms with E-state index in [2.05, 4.69) is 42.2 Å². The monoisotopic (exact) mass is 498 g/mol. The largest absolute Gasteiger partial charge is 0.334 e. The van der Waals surface area contributed by atoms with Crippen LogP contribution in [0, 0.1) is 6.92 Å². The third kappa shape index (κ3) is 4.52. The summed E-state index contributed by atoms with van der Waals surface area (Å²) >= 11 is 3.42. The molecule has 1 fully saturated rings. The molecule has 1 atom stereocenters. The van der Waals surface area contributed by atoms with E-state index in [0.717, 1.165) is 20.3 Å². The number of carbonyl (C=O) groups excluding carboxylic acids is 3. The number of anilines is 1. The fourth-order valence-electron chi connectivity index (χ4n) is 3.41. The molecule has 0 aliphatic carbocycles. The van der Waals surface area contributed by atoms with Gasteiger partial charge in [-0.3, -0.25) is 19.7 Å². The van der Waals surface area contributed by atoms with Gasteiger partial charge in [0.25, 0.3) is 11.5 Å². The Hall–Kier alpha value is -3.60. The van der Waals surface area contributed by atoms with Gasteiger partial charge in [0.15, 0.2) is 0 Å². The second-order valence-electron chi connectivity index (χ2n) is 7.43. The molecule has 10 nitrogen and oxygen atoms in total. The number of urea groups is 1. The molecule has 4 rings (SSSR count). The van der Waals surface area contributed by atoms with E-state index in [1.165, 1.54) is 0 Å². The van der Waals surface area contributed by atoms with Crippen molar-refractivity contribution < 1.29 is 14.4 Å². The number of hydrogen-bond acceptors (Lipinski definition) is 6. The summed E-state index contributed by atoms with van der Waals surface area (Å²) in [5.41, 5.74) is 2.28. The minimum atomic E-state index is -0.871. The van der Waals surface area contributed by atoms with Crippen molar-refractivity contribution in [2.75, 3.05) is 5.32 Å². The number of hydrogen-bond donors (Lipinski definition) is 3. The van der Waals surface area contributed by atoms with Crippen LogP contribution in [-0.2, 0) is 16.1 Å². The molecule has 1 unspecified atom stereocenters. The van der Waals surface area contributed by atoms with Crippen LogP contribution in [-0.4, -0.2) is 32.8 Å². The van der Waals surface area contributed by atoms with Crippen molar-refractivity contribution in [3.05, 3.63) is 62.4 Å². The van der Waals surface area contributed by atoms with E-state index in [4.69, 9.17) is 0 Å². The molecule has 1 aliphatic heterocycles. The molecule has 32 heavy (non-hydrogen) atoms. The predicted molar refractivity (Wildman–Crippen MR) is 120 cm³/mol. The molecule has 2 heterocycles. The van der Waals surface area contributed by atoms with Crippen molar-refractivity contribution in [3.63, 3.8) is 0 Å². The number of imide groups is 1. The molecule has 3 aromatic rings. The van der Waals surface area contributed by atoms with Crippen molar-refractivity contribution in [3.8, 4) is 0 Å².